The van der Waals surface area contributed by atoms with Crippen LogP contribution < -0.4 is 0 Å². The van der Waals surface area contributed by atoms with Gasteiger partial charge >= 0.3 is 0 Å². The summed E-state index contributed by atoms with van der Waals surface area (Å²) in [7, 11) is 0. The van der Waals surface area contributed by atoms with Gasteiger partial charge in [-0.05, 0) is 51.2 Å². The van der Waals surface area contributed by atoms with Gasteiger partial charge in [0.25, 0.3) is 5.91 Å². The van der Waals surface area contributed by atoms with Gasteiger partial charge in [0.1, 0.15) is 11.3 Å². The third kappa shape index (κ3) is 4.04. The van der Waals surface area contributed by atoms with Crippen molar-refractivity contribution in [1.29, 1.82) is 0 Å². The molecule has 1 N–H and O–H groups in total. The number of rotatable bonds is 4. The van der Waals surface area contributed by atoms with Crippen molar-refractivity contribution in [3.8, 4) is 0 Å². The monoisotopic (exact) mass is 343 g/mol. The second-order valence-corrected chi connectivity index (χ2v) is 7.33. The number of hydrogen-bond donors (Lipinski definition) is 1. The summed E-state index contributed by atoms with van der Waals surface area (Å²) in [6.07, 6.45) is 7.16. The van der Waals surface area contributed by atoms with E-state index in [1.165, 1.54) is 0 Å². The molecule has 0 aromatic carbocycles. The van der Waals surface area contributed by atoms with Crippen molar-refractivity contribution in [1.82, 2.24) is 24.9 Å². The van der Waals surface area contributed by atoms with Gasteiger partial charge in [-0.15, -0.1) is 5.10 Å². The molecule has 2 aromatic heterocycles. The van der Waals surface area contributed by atoms with Crippen LogP contribution in [-0.4, -0.2) is 49.0 Å². The highest BCUT2D eigenvalue weighted by atomic mass is 16.3. The zero-order valence-electron chi connectivity index (χ0n) is 15.0. The molecule has 2 aromatic rings. The number of pyridine rings is 1. The molecule has 3 rings (SSSR count). The molecule has 1 aliphatic heterocycles. The number of aromatic nitrogens is 4. The van der Waals surface area contributed by atoms with E-state index in [9.17, 15) is 9.90 Å². The standard InChI is InChI=1S/C18H25N5O2/c1-13-6-7-19-9-15(13)17(24)22-8-4-5-14(10-22)11-23-12-16(20-21-23)18(2,3)25/h6-7,9,12,14,25H,4-5,8,10-11H2,1-3H3. The summed E-state index contributed by atoms with van der Waals surface area (Å²) in [6, 6.07) is 1.86. The first kappa shape index (κ1) is 17.5. The molecule has 0 spiro atoms. The average Bonchev–Trinajstić information content (AvgIpc) is 3.04. The summed E-state index contributed by atoms with van der Waals surface area (Å²) < 4.78 is 1.77. The average molecular weight is 343 g/mol. The molecule has 1 amide bonds. The van der Waals surface area contributed by atoms with E-state index in [0.29, 0.717) is 30.3 Å². The Morgan fingerprint density at radius 2 is 2.24 bits per heavy atom. The topological polar surface area (TPSA) is 84.1 Å². The van der Waals surface area contributed by atoms with Crippen LogP contribution in [0.5, 0.6) is 0 Å². The molecule has 0 saturated carbocycles. The van der Waals surface area contributed by atoms with Crippen LogP contribution in [-0.2, 0) is 12.1 Å². The SMILES string of the molecule is Cc1ccncc1C(=O)N1CCCC(Cn2cc(C(C)(C)O)nn2)C1. The largest absolute Gasteiger partial charge is 0.384 e. The highest BCUT2D eigenvalue weighted by Gasteiger charge is 2.27. The molecule has 1 unspecified atom stereocenters. The van der Waals surface area contributed by atoms with Crippen molar-refractivity contribution in [2.45, 2.75) is 45.8 Å². The molecule has 7 heteroatoms. The lowest BCUT2D eigenvalue weighted by Gasteiger charge is -2.33. The van der Waals surface area contributed by atoms with Crippen molar-refractivity contribution in [3.05, 3.63) is 41.5 Å². The Hall–Kier alpha value is -2.28. The summed E-state index contributed by atoms with van der Waals surface area (Å²) in [5.74, 6) is 0.372. The van der Waals surface area contributed by atoms with Crippen LogP contribution >= 0.6 is 0 Å². The first-order chi connectivity index (χ1) is 11.8. The van der Waals surface area contributed by atoms with E-state index in [-0.39, 0.29) is 5.91 Å². The van der Waals surface area contributed by atoms with E-state index in [4.69, 9.17) is 0 Å². The van der Waals surface area contributed by atoms with Gasteiger partial charge in [0, 0.05) is 32.0 Å². The maximum atomic E-state index is 12.8. The molecular formula is C18H25N5O2. The molecule has 0 radical (unpaired) electrons. The first-order valence-electron chi connectivity index (χ1n) is 8.67. The summed E-state index contributed by atoms with van der Waals surface area (Å²) in [5, 5.41) is 18.2. The number of carbonyl (C=O) groups excluding carboxylic acids is 1. The lowest BCUT2D eigenvalue weighted by molar-refractivity contribution is 0.0658. The van der Waals surface area contributed by atoms with E-state index < -0.39 is 5.60 Å². The second kappa shape index (κ2) is 6.92. The van der Waals surface area contributed by atoms with Crippen LogP contribution in [0.4, 0.5) is 0 Å². The minimum absolute atomic E-state index is 0.0473. The number of piperidine rings is 1. The van der Waals surface area contributed by atoms with Crippen LogP contribution in [0.3, 0.4) is 0 Å². The van der Waals surface area contributed by atoms with E-state index in [1.807, 2.05) is 17.9 Å². The zero-order chi connectivity index (χ0) is 18.0. The molecule has 0 aliphatic carbocycles. The van der Waals surface area contributed by atoms with Gasteiger partial charge in [0.05, 0.1) is 11.8 Å². The smallest absolute Gasteiger partial charge is 0.255 e. The number of carbonyl (C=O) groups is 1. The number of aryl methyl sites for hydroxylation is 1. The Morgan fingerprint density at radius 1 is 1.44 bits per heavy atom. The number of hydrogen-bond acceptors (Lipinski definition) is 5. The third-order valence-electron chi connectivity index (χ3n) is 4.69. The van der Waals surface area contributed by atoms with E-state index in [2.05, 4.69) is 15.3 Å². The normalized spacial score (nSPS) is 18.4. The maximum Gasteiger partial charge on any atom is 0.255 e. The van der Waals surface area contributed by atoms with Crippen molar-refractivity contribution < 1.29 is 9.90 Å². The van der Waals surface area contributed by atoms with Crippen LogP contribution in [0.15, 0.2) is 24.7 Å². The van der Waals surface area contributed by atoms with Gasteiger partial charge in [-0.3, -0.25) is 14.5 Å². The lowest BCUT2D eigenvalue weighted by atomic mass is 9.97. The number of amides is 1. The molecule has 0 bridgehead atoms. The summed E-state index contributed by atoms with van der Waals surface area (Å²) in [5.41, 5.74) is 1.19. The quantitative estimate of drug-likeness (QED) is 0.914. The fourth-order valence-electron chi connectivity index (χ4n) is 3.19. The van der Waals surface area contributed by atoms with E-state index >= 15 is 0 Å². The Kier molecular flexibility index (Phi) is 4.85. The molecule has 1 atom stereocenters. The van der Waals surface area contributed by atoms with Gasteiger partial charge in [-0.25, -0.2) is 0 Å². The molecular weight excluding hydrogens is 318 g/mol. The summed E-state index contributed by atoms with van der Waals surface area (Å²) in [6.45, 7) is 7.49. The van der Waals surface area contributed by atoms with Gasteiger partial charge in [-0.2, -0.15) is 0 Å². The molecule has 134 valence electrons. The van der Waals surface area contributed by atoms with Crippen molar-refractivity contribution >= 4 is 5.91 Å². The minimum Gasteiger partial charge on any atom is -0.384 e. The van der Waals surface area contributed by atoms with Crippen molar-refractivity contribution in [2.24, 2.45) is 5.92 Å². The van der Waals surface area contributed by atoms with Crippen LogP contribution in [0, 0.1) is 12.8 Å². The lowest BCUT2D eigenvalue weighted by Crippen LogP contribution is -2.41. The Labute approximate surface area is 147 Å². The third-order valence-corrected chi connectivity index (χ3v) is 4.69. The fourth-order valence-corrected chi connectivity index (χ4v) is 3.19. The fraction of sp³-hybridized carbons (Fsp3) is 0.556. The van der Waals surface area contributed by atoms with E-state index in [0.717, 1.165) is 24.9 Å². The van der Waals surface area contributed by atoms with Crippen molar-refractivity contribution in [2.75, 3.05) is 13.1 Å². The minimum atomic E-state index is -0.995. The molecule has 1 saturated heterocycles. The van der Waals surface area contributed by atoms with Crippen molar-refractivity contribution in [3.63, 3.8) is 0 Å². The van der Waals surface area contributed by atoms with Gasteiger partial charge in [0.15, 0.2) is 0 Å². The predicted octanol–water partition coefficient (Wildman–Crippen LogP) is 1.76. The maximum absolute atomic E-state index is 12.8. The Balaban J connectivity index is 1.66. The molecule has 1 aliphatic rings. The number of likely N-dealkylation sites (tertiary alicyclic amines) is 1. The Bertz CT molecular complexity index is 750. The van der Waals surface area contributed by atoms with Gasteiger partial charge in [-0.1, -0.05) is 5.21 Å². The van der Waals surface area contributed by atoms with Gasteiger partial charge < -0.3 is 10.0 Å². The molecule has 3 heterocycles. The predicted molar refractivity (Wildman–Crippen MR) is 92.9 cm³/mol. The summed E-state index contributed by atoms with van der Waals surface area (Å²) >= 11 is 0. The van der Waals surface area contributed by atoms with Crippen LogP contribution in [0.25, 0.3) is 0 Å². The highest BCUT2D eigenvalue weighted by molar-refractivity contribution is 5.95. The van der Waals surface area contributed by atoms with Crippen LogP contribution in [0.2, 0.25) is 0 Å². The number of aliphatic hydroxyl groups is 1. The summed E-state index contributed by atoms with van der Waals surface area (Å²) in [4.78, 5) is 18.8. The number of nitrogens with zero attached hydrogens (tertiary/aromatic N) is 5. The highest BCUT2D eigenvalue weighted by Crippen LogP contribution is 2.22. The van der Waals surface area contributed by atoms with E-state index in [1.54, 1.807) is 37.1 Å². The van der Waals surface area contributed by atoms with Gasteiger partial charge in [0.2, 0.25) is 0 Å². The second-order valence-electron chi connectivity index (χ2n) is 7.33. The first-order valence-corrected chi connectivity index (χ1v) is 8.67. The Morgan fingerprint density at radius 3 is 2.92 bits per heavy atom. The van der Waals surface area contributed by atoms with Crippen LogP contribution in [0.1, 0.15) is 48.3 Å². The molecule has 1 fully saturated rings. The zero-order valence-corrected chi connectivity index (χ0v) is 15.0. The molecule has 7 nitrogen and oxygen atoms in total. The molecule has 25 heavy (non-hydrogen) atoms.